The van der Waals surface area contributed by atoms with Crippen LogP contribution >= 0.6 is 0 Å². The Balaban J connectivity index is 1.48. The predicted octanol–water partition coefficient (Wildman–Crippen LogP) is 6.48. The number of aliphatic carboxylic acids is 1. The Morgan fingerprint density at radius 1 is 1.00 bits per heavy atom. The van der Waals surface area contributed by atoms with E-state index in [1.807, 2.05) is 54.6 Å². The molecule has 2 N–H and O–H groups in total. The monoisotopic (exact) mass is 541 g/mol. The molecule has 0 saturated carbocycles. The van der Waals surface area contributed by atoms with Crippen molar-refractivity contribution in [3.05, 3.63) is 94.5 Å². The summed E-state index contributed by atoms with van der Waals surface area (Å²) in [5, 5.41) is 18.1. The molecule has 4 rings (SSSR count). The summed E-state index contributed by atoms with van der Waals surface area (Å²) in [4.78, 5) is 24.5. The molecule has 3 aromatic rings. The van der Waals surface area contributed by atoms with E-state index in [4.69, 9.17) is 26.1 Å². The van der Waals surface area contributed by atoms with Crippen molar-refractivity contribution in [1.29, 1.82) is 0 Å². The Hall–Kier alpha value is -4.28. The highest BCUT2D eigenvalue weighted by atomic mass is 16.7. The fraction of sp³-hybridized carbons (Fsp3) is 0.333. The Morgan fingerprint density at radius 2 is 1.80 bits per heavy atom. The van der Waals surface area contributed by atoms with Gasteiger partial charge in [-0.2, -0.15) is 0 Å². The minimum atomic E-state index is -1.32. The van der Waals surface area contributed by atoms with Crippen molar-refractivity contribution >= 4 is 12.1 Å². The molecule has 0 radical (unpaired) electrons. The van der Waals surface area contributed by atoms with Gasteiger partial charge in [-0.3, -0.25) is 9.69 Å². The zero-order chi connectivity index (χ0) is 28.3. The SMILES string of the molecule is C#Cc1ccc(COc2ccccc2CCN(CCCCC(=O)O)C2CCCc3cc(OC(=O)O)ccc32)cc1. The van der Waals surface area contributed by atoms with Gasteiger partial charge in [-0.05, 0) is 97.7 Å². The molecule has 0 aliphatic heterocycles. The number of unbranched alkanes of at least 4 members (excludes halogenated alkanes) is 1. The summed E-state index contributed by atoms with van der Waals surface area (Å²) in [7, 11) is 0. The first-order chi connectivity index (χ1) is 19.4. The Bertz CT molecular complexity index is 1340. The number of fused-ring (bicyclic) bond motifs is 1. The number of carboxylic acid groups (broad SMARTS) is 2. The first-order valence-corrected chi connectivity index (χ1v) is 13.7. The highest BCUT2D eigenvalue weighted by Gasteiger charge is 2.26. The summed E-state index contributed by atoms with van der Waals surface area (Å²) < 4.78 is 11.1. The maximum atomic E-state index is 11.1. The van der Waals surface area contributed by atoms with E-state index < -0.39 is 12.1 Å². The van der Waals surface area contributed by atoms with E-state index >= 15 is 0 Å². The fourth-order valence-electron chi connectivity index (χ4n) is 5.30. The number of benzene rings is 3. The quantitative estimate of drug-likeness (QED) is 0.111. The van der Waals surface area contributed by atoms with Gasteiger partial charge in [0.2, 0.25) is 0 Å². The summed E-state index contributed by atoms with van der Waals surface area (Å²) in [6.07, 6.45) is 9.31. The lowest BCUT2D eigenvalue weighted by Crippen LogP contribution is -2.34. The zero-order valence-corrected chi connectivity index (χ0v) is 22.6. The molecular weight excluding hydrogens is 506 g/mol. The number of rotatable bonds is 13. The van der Waals surface area contributed by atoms with E-state index in [0.29, 0.717) is 18.8 Å². The second kappa shape index (κ2) is 14.2. The highest BCUT2D eigenvalue weighted by Crippen LogP contribution is 2.37. The molecule has 0 saturated heterocycles. The van der Waals surface area contributed by atoms with Gasteiger partial charge in [-0.15, -0.1) is 6.42 Å². The second-order valence-electron chi connectivity index (χ2n) is 10.0. The average molecular weight is 542 g/mol. The van der Waals surface area contributed by atoms with E-state index in [9.17, 15) is 9.59 Å². The molecule has 208 valence electrons. The fourth-order valence-corrected chi connectivity index (χ4v) is 5.30. The number of hydrogen-bond donors (Lipinski definition) is 2. The van der Waals surface area contributed by atoms with Crippen molar-refractivity contribution in [3.8, 4) is 23.8 Å². The van der Waals surface area contributed by atoms with Crippen molar-refractivity contribution < 1.29 is 29.3 Å². The molecule has 1 aliphatic carbocycles. The lowest BCUT2D eigenvalue weighted by atomic mass is 9.86. The summed E-state index contributed by atoms with van der Waals surface area (Å²) >= 11 is 0. The number of carbonyl (C=O) groups is 2. The molecular formula is C33H35NO6. The predicted molar refractivity (Wildman–Crippen MR) is 153 cm³/mol. The van der Waals surface area contributed by atoms with Gasteiger partial charge in [-0.1, -0.05) is 42.3 Å². The number of hydrogen-bond acceptors (Lipinski definition) is 5. The first kappa shape index (κ1) is 28.7. The summed E-state index contributed by atoms with van der Waals surface area (Å²) in [5.74, 6) is 3.02. The maximum Gasteiger partial charge on any atom is 0.511 e. The molecule has 0 fully saturated rings. The van der Waals surface area contributed by atoms with Gasteiger partial charge in [-0.25, -0.2) is 4.79 Å². The number of terminal acetylenes is 1. The van der Waals surface area contributed by atoms with Crippen molar-refractivity contribution in [2.24, 2.45) is 0 Å². The van der Waals surface area contributed by atoms with Crippen LogP contribution in [0.15, 0.2) is 66.7 Å². The largest absolute Gasteiger partial charge is 0.511 e. The van der Waals surface area contributed by atoms with Gasteiger partial charge in [0.05, 0.1) is 0 Å². The van der Waals surface area contributed by atoms with Crippen molar-refractivity contribution in [3.63, 3.8) is 0 Å². The van der Waals surface area contributed by atoms with Crippen molar-refractivity contribution in [2.45, 2.75) is 57.6 Å². The van der Waals surface area contributed by atoms with E-state index in [2.05, 4.69) is 16.9 Å². The topological polar surface area (TPSA) is 96.3 Å². The third-order valence-corrected chi connectivity index (χ3v) is 7.28. The van der Waals surface area contributed by atoms with Gasteiger partial charge in [0.15, 0.2) is 0 Å². The van der Waals surface area contributed by atoms with Crippen LogP contribution in [0.25, 0.3) is 0 Å². The molecule has 0 heterocycles. The van der Waals surface area contributed by atoms with Gasteiger partial charge in [0.25, 0.3) is 0 Å². The smallest absolute Gasteiger partial charge is 0.489 e. The van der Waals surface area contributed by atoms with Crippen LogP contribution in [0.3, 0.4) is 0 Å². The maximum absolute atomic E-state index is 11.1. The molecule has 0 spiro atoms. The molecule has 1 aliphatic rings. The molecule has 3 aromatic carbocycles. The van der Waals surface area contributed by atoms with Crippen molar-refractivity contribution in [1.82, 2.24) is 4.90 Å². The zero-order valence-electron chi connectivity index (χ0n) is 22.6. The molecule has 0 bridgehead atoms. The minimum Gasteiger partial charge on any atom is -0.489 e. The van der Waals surface area contributed by atoms with Gasteiger partial charge in [0.1, 0.15) is 18.1 Å². The Labute approximate surface area is 235 Å². The van der Waals surface area contributed by atoms with Crippen molar-refractivity contribution in [2.75, 3.05) is 13.1 Å². The molecule has 1 atom stereocenters. The highest BCUT2D eigenvalue weighted by molar-refractivity contribution is 5.66. The van der Waals surface area contributed by atoms with E-state index in [0.717, 1.165) is 73.2 Å². The molecule has 1 unspecified atom stereocenters. The van der Waals surface area contributed by atoms with Crippen LogP contribution in [0, 0.1) is 12.3 Å². The third-order valence-electron chi connectivity index (χ3n) is 7.28. The van der Waals surface area contributed by atoms with Gasteiger partial charge < -0.3 is 19.7 Å². The number of nitrogens with zero attached hydrogens (tertiary/aromatic N) is 1. The normalized spacial score (nSPS) is 14.2. The molecule has 0 aromatic heterocycles. The van der Waals surface area contributed by atoms with Crippen LogP contribution in [0.1, 0.15) is 66.0 Å². The van der Waals surface area contributed by atoms with Gasteiger partial charge >= 0.3 is 12.1 Å². The average Bonchev–Trinajstić information content (AvgIpc) is 2.95. The Morgan fingerprint density at radius 3 is 2.55 bits per heavy atom. The summed E-state index contributed by atoms with van der Waals surface area (Å²) in [6, 6.07) is 21.5. The van der Waals surface area contributed by atoms with E-state index in [1.54, 1.807) is 6.07 Å². The van der Waals surface area contributed by atoms with Gasteiger partial charge in [0, 0.05) is 24.6 Å². The molecule has 0 amide bonds. The third kappa shape index (κ3) is 8.11. The minimum absolute atomic E-state index is 0.157. The number of para-hydroxylation sites is 1. The molecule has 40 heavy (non-hydrogen) atoms. The number of ether oxygens (including phenoxy) is 2. The second-order valence-corrected chi connectivity index (χ2v) is 10.0. The Kier molecular flexibility index (Phi) is 10.2. The van der Waals surface area contributed by atoms with Crippen LogP contribution < -0.4 is 9.47 Å². The van der Waals surface area contributed by atoms with E-state index in [1.165, 1.54) is 5.56 Å². The van der Waals surface area contributed by atoms with Crippen LogP contribution in [-0.4, -0.2) is 40.3 Å². The molecule has 7 nitrogen and oxygen atoms in total. The van der Waals surface area contributed by atoms with Crippen LogP contribution in [0.5, 0.6) is 11.5 Å². The summed E-state index contributed by atoms with van der Waals surface area (Å²) in [5.41, 5.74) is 5.27. The summed E-state index contributed by atoms with van der Waals surface area (Å²) in [6.45, 7) is 1.99. The van der Waals surface area contributed by atoms with Crippen LogP contribution in [0.2, 0.25) is 0 Å². The van der Waals surface area contributed by atoms with E-state index in [-0.39, 0.29) is 12.5 Å². The molecule has 7 heteroatoms. The van der Waals surface area contributed by atoms with Crippen LogP contribution in [0.4, 0.5) is 4.79 Å². The lowest BCUT2D eigenvalue weighted by molar-refractivity contribution is -0.137. The number of carboxylic acids is 1. The standard InChI is InChI=1S/C33H35NO6/c1-2-24-13-15-25(16-14-24)23-39-31-11-4-3-8-26(31)19-21-34(20-6-5-12-32(35)36)30-10-7-9-27-22-28(40-33(37)38)17-18-29(27)30/h1,3-4,8,11,13-18,22,30H,5-7,9-10,12,19-21,23H2,(H,35,36)(H,37,38). The first-order valence-electron chi connectivity index (χ1n) is 13.7. The number of aryl methyl sites for hydroxylation is 1. The lowest BCUT2D eigenvalue weighted by Gasteiger charge is -2.36. The van der Waals surface area contributed by atoms with Crippen LogP contribution in [-0.2, 0) is 24.2 Å².